The van der Waals surface area contributed by atoms with Crippen LogP contribution in [0.5, 0.6) is 0 Å². The Morgan fingerprint density at radius 3 is 3.21 bits per heavy atom. The molecule has 0 saturated heterocycles. The molecule has 0 N–H and O–H groups in total. The minimum atomic E-state index is 0.303. The zero-order valence-corrected chi connectivity index (χ0v) is 8.00. The molecule has 2 heterocycles. The van der Waals surface area contributed by atoms with E-state index in [1.54, 1.807) is 0 Å². The van der Waals surface area contributed by atoms with Gasteiger partial charge in [0.05, 0.1) is 18.3 Å². The van der Waals surface area contributed by atoms with E-state index >= 15 is 0 Å². The quantitative estimate of drug-likeness (QED) is 0.557. The monoisotopic (exact) mass is 187 g/mol. The van der Waals surface area contributed by atoms with Crippen molar-refractivity contribution in [1.82, 2.24) is 4.90 Å². The Kier molecular flexibility index (Phi) is 1.76. The largest absolute Gasteiger partial charge is 0.347 e. The van der Waals surface area contributed by atoms with Crippen molar-refractivity contribution in [2.75, 3.05) is 13.1 Å². The van der Waals surface area contributed by atoms with Gasteiger partial charge in [0.1, 0.15) is 5.84 Å². The number of rotatable bonds is 0. The average molecular weight is 187 g/mol. The molecule has 72 valence electrons. The van der Waals surface area contributed by atoms with Crippen LogP contribution >= 0.6 is 0 Å². The lowest BCUT2D eigenvalue weighted by molar-refractivity contribution is 0.318. The van der Waals surface area contributed by atoms with Crippen molar-refractivity contribution < 1.29 is 0 Å². The molecule has 3 rings (SSSR count). The Bertz CT molecular complexity index is 352. The summed E-state index contributed by atoms with van der Waals surface area (Å²) >= 11 is 0. The lowest BCUT2D eigenvalue weighted by Crippen LogP contribution is -2.51. The van der Waals surface area contributed by atoms with Crippen molar-refractivity contribution in [2.45, 2.75) is 18.5 Å². The van der Waals surface area contributed by atoms with E-state index < -0.39 is 0 Å². The summed E-state index contributed by atoms with van der Waals surface area (Å²) in [6.45, 7) is 2.07. The molecule has 3 heteroatoms. The molecule has 0 aromatic heterocycles. The molecule has 3 nitrogen and oxygen atoms in total. The van der Waals surface area contributed by atoms with Gasteiger partial charge in [-0.15, -0.1) is 0 Å². The van der Waals surface area contributed by atoms with Crippen LogP contribution < -0.4 is 0 Å². The van der Waals surface area contributed by atoms with Crippen LogP contribution in [0.1, 0.15) is 6.42 Å². The zero-order chi connectivity index (χ0) is 9.38. The van der Waals surface area contributed by atoms with E-state index in [2.05, 4.69) is 39.2 Å². The average Bonchev–Trinajstić information content (AvgIpc) is 2.29. The summed E-state index contributed by atoms with van der Waals surface area (Å²) in [4.78, 5) is 11.3. The molecule has 3 aliphatic rings. The Balaban J connectivity index is 1.99. The molecule has 0 fully saturated rings. The van der Waals surface area contributed by atoms with E-state index in [9.17, 15) is 0 Å². The number of allylic oxidation sites excluding steroid dienone is 2. The van der Waals surface area contributed by atoms with E-state index in [-0.39, 0.29) is 0 Å². The van der Waals surface area contributed by atoms with Gasteiger partial charge in [0.15, 0.2) is 0 Å². The van der Waals surface area contributed by atoms with Crippen molar-refractivity contribution in [2.24, 2.45) is 9.98 Å². The van der Waals surface area contributed by atoms with Crippen molar-refractivity contribution in [3.8, 4) is 0 Å². The molecule has 0 radical (unpaired) electrons. The van der Waals surface area contributed by atoms with Gasteiger partial charge in [-0.1, -0.05) is 24.3 Å². The number of fused-ring (bicyclic) bond motifs is 3. The number of aliphatic imine (C=N–C) groups is 2. The van der Waals surface area contributed by atoms with Crippen LogP contribution in [-0.2, 0) is 0 Å². The zero-order valence-electron chi connectivity index (χ0n) is 8.00. The minimum Gasteiger partial charge on any atom is -0.347 e. The van der Waals surface area contributed by atoms with Crippen LogP contribution in [0.4, 0.5) is 0 Å². The third-order valence-corrected chi connectivity index (χ3v) is 2.92. The van der Waals surface area contributed by atoms with Gasteiger partial charge in [-0.05, 0) is 6.42 Å². The smallest absolute Gasteiger partial charge is 0.142 e. The molecule has 0 spiro atoms. The highest BCUT2D eigenvalue weighted by Gasteiger charge is 2.30. The summed E-state index contributed by atoms with van der Waals surface area (Å²) in [5.41, 5.74) is 0. The fraction of sp³-hybridized carbons (Fsp3) is 0.455. The molecule has 0 aromatic rings. The van der Waals surface area contributed by atoms with Gasteiger partial charge >= 0.3 is 0 Å². The number of hydrogen-bond donors (Lipinski definition) is 0. The molecule has 2 aliphatic heterocycles. The van der Waals surface area contributed by atoms with Gasteiger partial charge in [0, 0.05) is 13.1 Å². The van der Waals surface area contributed by atoms with Gasteiger partial charge in [0.2, 0.25) is 0 Å². The topological polar surface area (TPSA) is 28.0 Å². The van der Waals surface area contributed by atoms with Crippen LogP contribution in [0.25, 0.3) is 0 Å². The number of hydrogen-bond acceptors (Lipinski definition) is 3. The van der Waals surface area contributed by atoms with Gasteiger partial charge < -0.3 is 4.90 Å². The minimum absolute atomic E-state index is 0.303. The first kappa shape index (κ1) is 7.97. The van der Waals surface area contributed by atoms with Gasteiger partial charge in [0.25, 0.3) is 0 Å². The molecular weight excluding hydrogens is 174 g/mol. The van der Waals surface area contributed by atoms with E-state index in [1.807, 2.05) is 6.21 Å². The maximum absolute atomic E-state index is 4.50. The third kappa shape index (κ3) is 1.12. The Morgan fingerprint density at radius 2 is 2.21 bits per heavy atom. The lowest BCUT2D eigenvalue weighted by atomic mass is 9.99. The summed E-state index contributed by atoms with van der Waals surface area (Å²) in [5.74, 6) is 1.07. The van der Waals surface area contributed by atoms with Crippen LogP contribution in [0.15, 0.2) is 34.3 Å². The Morgan fingerprint density at radius 1 is 1.29 bits per heavy atom. The van der Waals surface area contributed by atoms with Crippen molar-refractivity contribution in [1.29, 1.82) is 0 Å². The Hall–Kier alpha value is -1.38. The van der Waals surface area contributed by atoms with Crippen LogP contribution in [0.3, 0.4) is 0 Å². The summed E-state index contributed by atoms with van der Waals surface area (Å²) in [5, 5.41) is 0. The van der Waals surface area contributed by atoms with Gasteiger partial charge in [-0.3, -0.25) is 9.98 Å². The van der Waals surface area contributed by atoms with E-state index in [0.29, 0.717) is 12.1 Å². The molecular formula is C11H13N3. The first-order valence-electron chi connectivity index (χ1n) is 5.14. The van der Waals surface area contributed by atoms with Crippen LogP contribution in [0, 0.1) is 0 Å². The highest BCUT2D eigenvalue weighted by molar-refractivity contribution is 6.30. The summed E-state index contributed by atoms with van der Waals surface area (Å²) in [6.07, 6.45) is 11.6. The fourth-order valence-electron chi connectivity index (χ4n) is 2.22. The second-order valence-electron chi connectivity index (χ2n) is 3.82. The highest BCUT2D eigenvalue weighted by Crippen LogP contribution is 2.21. The molecule has 0 aromatic carbocycles. The number of nitrogens with zero attached hydrogens (tertiary/aromatic N) is 3. The second-order valence-corrected chi connectivity index (χ2v) is 3.82. The molecule has 0 bridgehead atoms. The van der Waals surface area contributed by atoms with Crippen molar-refractivity contribution >= 4 is 12.1 Å². The standard InChI is InChI=1S/C11H13N3/c1-2-5-10-9(4-1)13-8-11-12-6-3-7-14(10)11/h1-2,4-5,8-10H,3,6-7H2/t9-,10+/m1/s1. The molecule has 1 aliphatic carbocycles. The predicted octanol–water partition coefficient (Wildman–Crippen LogP) is 1.04. The predicted molar refractivity (Wildman–Crippen MR) is 58.0 cm³/mol. The second kappa shape index (κ2) is 3.08. The number of amidine groups is 1. The van der Waals surface area contributed by atoms with Gasteiger partial charge in [-0.2, -0.15) is 0 Å². The molecule has 14 heavy (non-hydrogen) atoms. The maximum Gasteiger partial charge on any atom is 0.142 e. The molecule has 2 atom stereocenters. The van der Waals surface area contributed by atoms with E-state index in [4.69, 9.17) is 0 Å². The van der Waals surface area contributed by atoms with Gasteiger partial charge in [-0.25, -0.2) is 0 Å². The van der Waals surface area contributed by atoms with Crippen molar-refractivity contribution in [3.05, 3.63) is 24.3 Å². The van der Waals surface area contributed by atoms with Crippen LogP contribution in [0.2, 0.25) is 0 Å². The van der Waals surface area contributed by atoms with Crippen molar-refractivity contribution in [3.63, 3.8) is 0 Å². The molecule has 0 amide bonds. The Labute approximate surface area is 83.5 Å². The summed E-state index contributed by atoms with van der Waals surface area (Å²) in [7, 11) is 0. The third-order valence-electron chi connectivity index (χ3n) is 2.92. The lowest BCUT2D eigenvalue weighted by Gasteiger charge is -2.39. The highest BCUT2D eigenvalue weighted by atomic mass is 15.3. The molecule has 0 unspecified atom stereocenters. The first-order valence-corrected chi connectivity index (χ1v) is 5.14. The fourth-order valence-corrected chi connectivity index (χ4v) is 2.22. The van der Waals surface area contributed by atoms with E-state index in [1.165, 1.54) is 0 Å². The first-order chi connectivity index (χ1) is 6.95. The normalized spacial score (nSPS) is 33.7. The maximum atomic E-state index is 4.50. The van der Waals surface area contributed by atoms with Crippen LogP contribution in [-0.4, -0.2) is 42.1 Å². The summed E-state index contributed by atoms with van der Waals surface area (Å²) < 4.78 is 0. The molecule has 0 saturated carbocycles. The van der Waals surface area contributed by atoms with E-state index in [0.717, 1.165) is 25.3 Å². The summed E-state index contributed by atoms with van der Waals surface area (Å²) in [6, 6.07) is 0.709. The SMILES string of the molecule is C1=C[C@H]2N=CC3=NCCCN3[C@H]2C=C1.